The number of carboxylic acid groups (broad SMARTS) is 1. The minimum atomic E-state index is -1.03. The van der Waals surface area contributed by atoms with Crippen LogP contribution in [0.1, 0.15) is 47.0 Å². The maximum Gasteiger partial charge on any atom is 0.355 e. The lowest BCUT2D eigenvalue weighted by atomic mass is 9.98. The highest BCUT2D eigenvalue weighted by Crippen LogP contribution is 2.25. The molecule has 2 aromatic rings. The van der Waals surface area contributed by atoms with Crippen molar-refractivity contribution in [3.8, 4) is 0 Å². The quantitative estimate of drug-likeness (QED) is 0.832. The zero-order valence-corrected chi connectivity index (χ0v) is 14.9. The molecule has 0 aliphatic carbocycles. The van der Waals surface area contributed by atoms with E-state index in [9.17, 15) is 9.59 Å². The number of nitrogens with one attached hydrogen (secondary N) is 1. The van der Waals surface area contributed by atoms with E-state index in [0.29, 0.717) is 18.0 Å². The van der Waals surface area contributed by atoms with Crippen LogP contribution in [0, 0.1) is 0 Å². The van der Waals surface area contributed by atoms with Gasteiger partial charge in [0.15, 0.2) is 5.69 Å². The zero-order valence-electron chi connectivity index (χ0n) is 13.3. The van der Waals surface area contributed by atoms with E-state index < -0.39 is 5.97 Å². The third kappa shape index (κ3) is 5.11. The van der Waals surface area contributed by atoms with Crippen molar-refractivity contribution >= 4 is 34.6 Å². The van der Waals surface area contributed by atoms with Gasteiger partial charge in [0.2, 0.25) is 5.91 Å². The van der Waals surface area contributed by atoms with Crippen LogP contribution in [0.5, 0.6) is 0 Å². The molecule has 2 aromatic heterocycles. The fourth-order valence-electron chi connectivity index (χ4n) is 1.79. The monoisotopic (exact) mass is 353 g/mol. The van der Waals surface area contributed by atoms with E-state index >= 15 is 0 Å². The summed E-state index contributed by atoms with van der Waals surface area (Å²) < 4.78 is 0. The van der Waals surface area contributed by atoms with E-state index in [1.54, 1.807) is 11.3 Å². The summed E-state index contributed by atoms with van der Waals surface area (Å²) in [5.41, 5.74) is 0.819. The third-order valence-electron chi connectivity index (χ3n) is 2.97. The molecule has 124 valence electrons. The molecule has 0 radical (unpaired) electrons. The third-order valence-corrected chi connectivity index (χ3v) is 5.19. The lowest BCUT2D eigenvalue weighted by Gasteiger charge is -2.13. The number of hydrogen-bond donors (Lipinski definition) is 2. The van der Waals surface area contributed by atoms with Gasteiger partial charge in [-0.1, -0.05) is 20.8 Å². The molecule has 1 amide bonds. The van der Waals surface area contributed by atoms with Crippen LogP contribution in [-0.4, -0.2) is 33.5 Å². The number of hydrogen-bond acceptors (Lipinski definition) is 6. The fourth-order valence-corrected chi connectivity index (χ4v) is 3.47. The predicted octanol–water partition coefficient (Wildman–Crippen LogP) is 2.50. The number of thiazole rings is 2. The number of carbonyl (C=O) groups is 2. The molecule has 2 rings (SSSR count). The molecule has 0 aliphatic heterocycles. The van der Waals surface area contributed by atoms with Crippen molar-refractivity contribution < 1.29 is 14.7 Å². The van der Waals surface area contributed by atoms with Crippen molar-refractivity contribution in [1.82, 2.24) is 15.3 Å². The highest BCUT2D eigenvalue weighted by Gasteiger charge is 2.18. The van der Waals surface area contributed by atoms with Crippen molar-refractivity contribution in [2.75, 3.05) is 6.54 Å². The molecule has 6 nitrogen and oxygen atoms in total. The Labute approximate surface area is 142 Å². The molecular formula is C15H19N3O3S2. The fraction of sp³-hybridized carbons (Fsp3) is 0.467. The first-order valence-electron chi connectivity index (χ1n) is 7.15. The minimum absolute atomic E-state index is 0.00786. The van der Waals surface area contributed by atoms with Crippen LogP contribution in [0.2, 0.25) is 0 Å². The van der Waals surface area contributed by atoms with Crippen LogP contribution in [0.4, 0.5) is 0 Å². The average Bonchev–Trinajstić information content (AvgIpc) is 3.07. The van der Waals surface area contributed by atoms with E-state index in [0.717, 1.165) is 10.7 Å². The molecule has 23 heavy (non-hydrogen) atoms. The first kappa shape index (κ1) is 17.6. The van der Waals surface area contributed by atoms with Gasteiger partial charge in [0.25, 0.3) is 0 Å². The molecule has 2 heterocycles. The van der Waals surface area contributed by atoms with Gasteiger partial charge in [0.05, 0.1) is 22.1 Å². The lowest BCUT2D eigenvalue weighted by molar-refractivity contribution is -0.120. The van der Waals surface area contributed by atoms with Crippen LogP contribution in [0.3, 0.4) is 0 Å². The topological polar surface area (TPSA) is 92.2 Å². The average molecular weight is 353 g/mol. The van der Waals surface area contributed by atoms with E-state index in [-0.39, 0.29) is 23.4 Å². The van der Waals surface area contributed by atoms with Crippen molar-refractivity contribution in [2.24, 2.45) is 0 Å². The molecular weight excluding hydrogens is 334 g/mol. The van der Waals surface area contributed by atoms with Gasteiger partial charge < -0.3 is 10.4 Å². The van der Waals surface area contributed by atoms with E-state index in [2.05, 4.69) is 36.1 Å². The first-order valence-corrected chi connectivity index (χ1v) is 8.91. The first-order chi connectivity index (χ1) is 10.8. The normalized spacial score (nSPS) is 11.4. The summed E-state index contributed by atoms with van der Waals surface area (Å²) in [4.78, 5) is 31.1. The summed E-state index contributed by atoms with van der Waals surface area (Å²) in [5, 5.41) is 16.8. The molecule has 8 heteroatoms. The maximum absolute atomic E-state index is 11.9. The Morgan fingerprint density at radius 1 is 1.22 bits per heavy atom. The highest BCUT2D eigenvalue weighted by atomic mass is 32.1. The van der Waals surface area contributed by atoms with Crippen LogP contribution in [0.25, 0.3) is 0 Å². The number of carbonyl (C=O) groups excluding carboxylic acids is 1. The zero-order chi connectivity index (χ0) is 17.0. The SMILES string of the molecule is CC(C)(C)c1nc(CC(=O)NCCc2nc(C(=O)O)cs2)cs1. The summed E-state index contributed by atoms with van der Waals surface area (Å²) in [6, 6.07) is 0. The Balaban J connectivity index is 1.78. The molecule has 0 saturated carbocycles. The Bertz CT molecular complexity index is 701. The van der Waals surface area contributed by atoms with Gasteiger partial charge in [-0.2, -0.15) is 0 Å². The van der Waals surface area contributed by atoms with Gasteiger partial charge in [-0.25, -0.2) is 14.8 Å². The van der Waals surface area contributed by atoms with Crippen LogP contribution in [-0.2, 0) is 23.1 Å². The van der Waals surface area contributed by atoms with Crippen LogP contribution in [0.15, 0.2) is 10.8 Å². The van der Waals surface area contributed by atoms with Gasteiger partial charge in [-0.15, -0.1) is 22.7 Å². The predicted molar refractivity (Wildman–Crippen MR) is 90.3 cm³/mol. The summed E-state index contributed by atoms with van der Waals surface area (Å²) in [6.45, 7) is 6.71. The molecule has 0 unspecified atom stereocenters. The van der Waals surface area contributed by atoms with Crippen LogP contribution < -0.4 is 5.32 Å². The number of nitrogens with zero attached hydrogens (tertiary/aromatic N) is 2. The van der Waals surface area contributed by atoms with Crippen molar-refractivity contribution in [2.45, 2.75) is 39.0 Å². The van der Waals surface area contributed by atoms with E-state index in [1.807, 2.05) is 5.38 Å². The molecule has 0 saturated heterocycles. The van der Waals surface area contributed by atoms with Gasteiger partial charge in [0.1, 0.15) is 0 Å². The largest absolute Gasteiger partial charge is 0.476 e. The van der Waals surface area contributed by atoms with Gasteiger partial charge >= 0.3 is 5.97 Å². The second kappa shape index (κ2) is 7.18. The van der Waals surface area contributed by atoms with Gasteiger partial charge in [0, 0.05) is 29.1 Å². The smallest absolute Gasteiger partial charge is 0.355 e. The summed E-state index contributed by atoms with van der Waals surface area (Å²) in [5.74, 6) is -1.12. The van der Waals surface area contributed by atoms with Crippen molar-refractivity contribution in [3.63, 3.8) is 0 Å². The van der Waals surface area contributed by atoms with Gasteiger partial charge in [-0.05, 0) is 0 Å². The molecule has 0 spiro atoms. The second-order valence-electron chi connectivity index (χ2n) is 6.10. The van der Waals surface area contributed by atoms with Crippen molar-refractivity contribution in [3.05, 3.63) is 32.2 Å². The number of amides is 1. The maximum atomic E-state index is 11.9. The summed E-state index contributed by atoms with van der Waals surface area (Å²) >= 11 is 2.86. The molecule has 0 aromatic carbocycles. The Morgan fingerprint density at radius 3 is 2.52 bits per heavy atom. The number of rotatable bonds is 6. The highest BCUT2D eigenvalue weighted by molar-refractivity contribution is 7.10. The molecule has 0 atom stereocenters. The standard InChI is InChI=1S/C15H19N3O3S2/c1-15(2,3)14-17-9(7-23-14)6-11(19)16-5-4-12-18-10(8-22-12)13(20)21/h7-8H,4-6H2,1-3H3,(H,16,19)(H,20,21). The number of aromatic carboxylic acids is 1. The molecule has 0 bridgehead atoms. The summed E-state index contributed by atoms with van der Waals surface area (Å²) in [7, 11) is 0. The number of aromatic nitrogens is 2. The van der Waals surface area contributed by atoms with Crippen LogP contribution >= 0.6 is 22.7 Å². The molecule has 2 N–H and O–H groups in total. The van der Waals surface area contributed by atoms with E-state index in [4.69, 9.17) is 5.11 Å². The Morgan fingerprint density at radius 2 is 1.96 bits per heavy atom. The second-order valence-corrected chi connectivity index (χ2v) is 7.90. The molecule has 0 aliphatic rings. The summed E-state index contributed by atoms with van der Waals surface area (Å²) in [6.07, 6.45) is 0.777. The molecule has 0 fully saturated rings. The lowest BCUT2D eigenvalue weighted by Crippen LogP contribution is -2.27. The van der Waals surface area contributed by atoms with Gasteiger partial charge in [-0.3, -0.25) is 4.79 Å². The van der Waals surface area contributed by atoms with Crippen molar-refractivity contribution in [1.29, 1.82) is 0 Å². The minimum Gasteiger partial charge on any atom is -0.476 e. The Kier molecular flexibility index (Phi) is 5.48. The number of carboxylic acids is 1. The van der Waals surface area contributed by atoms with E-state index in [1.165, 1.54) is 16.7 Å². The Hall–Kier alpha value is -1.80.